The van der Waals surface area contributed by atoms with Crippen molar-refractivity contribution >= 4 is 39.2 Å². The first kappa shape index (κ1) is 13.1. The van der Waals surface area contributed by atoms with E-state index in [9.17, 15) is 0 Å². The van der Waals surface area contributed by atoms with Gasteiger partial charge in [-0.15, -0.1) is 0 Å². The lowest BCUT2D eigenvalue weighted by Gasteiger charge is -2.10. The molecule has 4 nitrogen and oxygen atoms in total. The molecule has 0 atom stereocenters. The van der Waals surface area contributed by atoms with Gasteiger partial charge in [-0.1, -0.05) is 18.2 Å². The maximum Gasteiger partial charge on any atom is 0.133 e. The number of hydrogen-bond donors (Lipinski definition) is 3. The number of nitrogen functional groups attached to an aromatic ring is 1. The fourth-order valence-corrected chi connectivity index (χ4v) is 2.50. The Morgan fingerprint density at radius 2 is 2.06 bits per heavy atom. The van der Waals surface area contributed by atoms with E-state index in [1.807, 2.05) is 30.3 Å². The number of amidine groups is 1. The van der Waals surface area contributed by atoms with Crippen LogP contribution in [0.4, 0.5) is 0 Å². The van der Waals surface area contributed by atoms with Gasteiger partial charge in [0.25, 0.3) is 0 Å². The largest absolute Gasteiger partial charge is 0.490 e. The molecule has 94 valence electrons. The lowest BCUT2D eigenvalue weighted by molar-refractivity contribution is 0.200. The Kier molecular flexibility index (Phi) is 4.03. The topological polar surface area (TPSA) is 79.3 Å². The highest BCUT2D eigenvalue weighted by molar-refractivity contribution is 14.1. The number of halogens is 1. The fourth-order valence-electron chi connectivity index (χ4n) is 1.70. The highest BCUT2D eigenvalue weighted by Gasteiger charge is 2.07. The summed E-state index contributed by atoms with van der Waals surface area (Å²) >= 11 is 2.20. The zero-order valence-electron chi connectivity index (χ0n) is 9.61. The number of rotatable bonds is 4. The van der Waals surface area contributed by atoms with Crippen LogP contribution in [0.25, 0.3) is 10.8 Å². The third kappa shape index (κ3) is 2.56. The summed E-state index contributed by atoms with van der Waals surface area (Å²) < 4.78 is 6.41. The molecular weight excluding hydrogens is 343 g/mol. The molecule has 4 N–H and O–H groups in total. The second-order valence-electron chi connectivity index (χ2n) is 3.80. The molecule has 0 aliphatic carbocycles. The number of ether oxygens (including phenoxy) is 1. The van der Waals surface area contributed by atoms with Gasteiger partial charge in [-0.25, -0.2) is 0 Å². The summed E-state index contributed by atoms with van der Waals surface area (Å²) in [6.45, 7) is 0.259. The molecule has 0 saturated carbocycles. The molecule has 0 unspecified atom stereocenters. The van der Waals surface area contributed by atoms with Gasteiger partial charge in [0.15, 0.2) is 0 Å². The summed E-state index contributed by atoms with van der Waals surface area (Å²) in [6, 6.07) is 9.48. The fraction of sp³-hybridized carbons (Fsp3) is 0.154. The summed E-state index contributed by atoms with van der Waals surface area (Å²) in [5.41, 5.74) is 6.18. The van der Waals surface area contributed by atoms with E-state index in [4.69, 9.17) is 21.0 Å². The molecule has 2 rings (SSSR count). The molecule has 0 radical (unpaired) electrons. The molecule has 18 heavy (non-hydrogen) atoms. The molecule has 0 bridgehead atoms. The highest BCUT2D eigenvalue weighted by atomic mass is 127. The van der Waals surface area contributed by atoms with E-state index in [-0.39, 0.29) is 19.0 Å². The van der Waals surface area contributed by atoms with Crippen molar-refractivity contribution in [3.05, 3.63) is 39.5 Å². The molecule has 0 spiro atoms. The van der Waals surface area contributed by atoms with Gasteiger partial charge in [0.2, 0.25) is 0 Å². The molecule has 0 aliphatic rings. The first-order valence-electron chi connectivity index (χ1n) is 5.44. The van der Waals surface area contributed by atoms with E-state index in [0.717, 1.165) is 20.1 Å². The van der Waals surface area contributed by atoms with E-state index < -0.39 is 0 Å². The van der Waals surface area contributed by atoms with Gasteiger partial charge in [0.05, 0.1) is 10.2 Å². The van der Waals surface area contributed by atoms with Crippen LogP contribution in [0, 0.1) is 8.98 Å². The van der Waals surface area contributed by atoms with Gasteiger partial charge in [-0.2, -0.15) is 0 Å². The van der Waals surface area contributed by atoms with Crippen LogP contribution in [-0.4, -0.2) is 24.2 Å². The number of benzene rings is 2. The molecule has 0 heterocycles. The predicted molar refractivity (Wildman–Crippen MR) is 80.3 cm³/mol. The van der Waals surface area contributed by atoms with Crippen molar-refractivity contribution < 1.29 is 9.84 Å². The molecule has 0 aliphatic heterocycles. The maximum atomic E-state index is 8.78. The van der Waals surface area contributed by atoms with Crippen LogP contribution >= 0.6 is 22.6 Å². The zero-order valence-corrected chi connectivity index (χ0v) is 11.8. The lowest BCUT2D eigenvalue weighted by atomic mass is 10.1. The van der Waals surface area contributed by atoms with Crippen molar-refractivity contribution in [2.24, 2.45) is 5.73 Å². The SMILES string of the molecule is N=C(N)c1ccc2ccc(OCCO)c(I)c2c1. The minimum atomic E-state index is -0.0123. The number of fused-ring (bicyclic) bond motifs is 1. The van der Waals surface area contributed by atoms with E-state index in [1.165, 1.54) is 0 Å². The number of aliphatic hydroxyl groups excluding tert-OH is 1. The normalized spacial score (nSPS) is 10.6. The van der Waals surface area contributed by atoms with E-state index in [1.54, 1.807) is 0 Å². The monoisotopic (exact) mass is 356 g/mol. The Labute approximate surface area is 118 Å². The van der Waals surface area contributed by atoms with Crippen LogP contribution in [0.3, 0.4) is 0 Å². The Hall–Kier alpha value is -1.34. The molecule has 2 aromatic rings. The quantitative estimate of drug-likeness (QED) is 0.446. The number of hydrogen-bond acceptors (Lipinski definition) is 3. The van der Waals surface area contributed by atoms with Crippen LogP contribution in [0.1, 0.15) is 5.56 Å². The number of nitrogens with two attached hydrogens (primary N) is 1. The highest BCUT2D eigenvalue weighted by Crippen LogP contribution is 2.30. The van der Waals surface area contributed by atoms with Crippen molar-refractivity contribution in [3.8, 4) is 5.75 Å². The van der Waals surface area contributed by atoms with Gasteiger partial charge in [-0.05, 0) is 45.5 Å². The standard InChI is InChI=1S/C13H13IN2O2/c14-12-10-7-9(13(15)16)2-1-8(10)3-4-11(12)18-6-5-17/h1-4,7,17H,5-6H2,(H3,15,16). The summed E-state index contributed by atoms with van der Waals surface area (Å²) in [4.78, 5) is 0. The van der Waals surface area contributed by atoms with Gasteiger partial charge in [0, 0.05) is 5.56 Å². The zero-order chi connectivity index (χ0) is 13.1. The Morgan fingerprint density at radius 1 is 1.33 bits per heavy atom. The van der Waals surface area contributed by atoms with Crippen LogP contribution in [-0.2, 0) is 0 Å². The van der Waals surface area contributed by atoms with Crippen LogP contribution < -0.4 is 10.5 Å². The smallest absolute Gasteiger partial charge is 0.133 e. The summed E-state index contributed by atoms with van der Waals surface area (Å²) in [6.07, 6.45) is 0. The van der Waals surface area contributed by atoms with Gasteiger partial charge >= 0.3 is 0 Å². The van der Waals surface area contributed by atoms with E-state index in [2.05, 4.69) is 22.6 Å². The van der Waals surface area contributed by atoms with Crippen molar-refractivity contribution in [1.82, 2.24) is 0 Å². The molecule has 0 saturated heterocycles. The Morgan fingerprint density at radius 3 is 2.72 bits per heavy atom. The maximum absolute atomic E-state index is 8.78. The minimum absolute atomic E-state index is 0.0123. The van der Waals surface area contributed by atoms with Gasteiger partial charge < -0.3 is 15.6 Å². The molecular formula is C13H13IN2O2. The Balaban J connectivity index is 2.53. The molecule has 0 fully saturated rings. The third-order valence-corrected chi connectivity index (χ3v) is 3.69. The van der Waals surface area contributed by atoms with Crippen molar-refractivity contribution in [1.29, 1.82) is 5.41 Å². The second-order valence-corrected chi connectivity index (χ2v) is 4.88. The number of aliphatic hydroxyl groups is 1. The first-order chi connectivity index (χ1) is 8.63. The van der Waals surface area contributed by atoms with E-state index in [0.29, 0.717) is 5.56 Å². The molecule has 0 aromatic heterocycles. The van der Waals surface area contributed by atoms with Crippen LogP contribution in [0.5, 0.6) is 5.75 Å². The molecule has 5 heteroatoms. The second kappa shape index (κ2) is 5.53. The Bertz CT molecular complexity index is 599. The molecule has 0 amide bonds. The average molecular weight is 356 g/mol. The predicted octanol–water partition coefficient (Wildman–Crippen LogP) is 2.10. The van der Waals surface area contributed by atoms with Gasteiger partial charge in [-0.3, -0.25) is 5.41 Å². The van der Waals surface area contributed by atoms with E-state index >= 15 is 0 Å². The van der Waals surface area contributed by atoms with Crippen molar-refractivity contribution in [2.75, 3.05) is 13.2 Å². The van der Waals surface area contributed by atoms with Crippen LogP contribution in [0.15, 0.2) is 30.3 Å². The number of nitrogens with one attached hydrogen (secondary N) is 1. The van der Waals surface area contributed by atoms with Crippen LogP contribution in [0.2, 0.25) is 0 Å². The third-order valence-electron chi connectivity index (χ3n) is 2.58. The first-order valence-corrected chi connectivity index (χ1v) is 6.51. The minimum Gasteiger partial charge on any atom is -0.490 e. The summed E-state index contributed by atoms with van der Waals surface area (Å²) in [5, 5.41) is 18.3. The van der Waals surface area contributed by atoms with Crippen molar-refractivity contribution in [3.63, 3.8) is 0 Å². The molecule has 2 aromatic carbocycles. The van der Waals surface area contributed by atoms with Crippen molar-refractivity contribution in [2.45, 2.75) is 0 Å². The van der Waals surface area contributed by atoms with Gasteiger partial charge in [0.1, 0.15) is 18.2 Å². The average Bonchev–Trinajstić information content (AvgIpc) is 2.37. The lowest BCUT2D eigenvalue weighted by Crippen LogP contribution is -2.10. The summed E-state index contributed by atoms with van der Waals surface area (Å²) in [7, 11) is 0. The summed E-state index contributed by atoms with van der Waals surface area (Å²) in [5.74, 6) is 0.784.